The third-order valence-electron chi connectivity index (χ3n) is 9.96. The summed E-state index contributed by atoms with van der Waals surface area (Å²) >= 11 is 0. The van der Waals surface area contributed by atoms with Crippen LogP contribution in [-0.2, 0) is 0 Å². The van der Waals surface area contributed by atoms with Crippen LogP contribution in [-0.4, -0.2) is 12.6 Å². The number of anilines is 3. The van der Waals surface area contributed by atoms with Crippen LogP contribution in [0.1, 0.15) is 0 Å². The van der Waals surface area contributed by atoms with Crippen molar-refractivity contribution in [3.8, 4) is 5.69 Å². The Hall–Kier alpha value is -6.56. The van der Waals surface area contributed by atoms with E-state index in [2.05, 4.69) is 202 Å². The Balaban J connectivity index is 1.23. The van der Waals surface area contributed by atoms with Crippen molar-refractivity contribution in [3.05, 3.63) is 207 Å². The molecular formula is C46H36N4Si. The summed E-state index contributed by atoms with van der Waals surface area (Å²) in [5.41, 5.74) is 10.1. The van der Waals surface area contributed by atoms with Gasteiger partial charge in [0.1, 0.15) is 0 Å². The number of nitrogens with one attached hydrogen (secondary N) is 2. The van der Waals surface area contributed by atoms with Crippen molar-refractivity contribution < 1.29 is 0 Å². The van der Waals surface area contributed by atoms with Crippen LogP contribution in [0.25, 0.3) is 27.5 Å². The van der Waals surface area contributed by atoms with Gasteiger partial charge >= 0.3 is 0 Å². The fourth-order valence-electron chi connectivity index (χ4n) is 7.77. The van der Waals surface area contributed by atoms with Gasteiger partial charge in [-0.2, -0.15) is 0 Å². The first-order chi connectivity index (χ1) is 25.3. The van der Waals surface area contributed by atoms with Gasteiger partial charge in [0.25, 0.3) is 0 Å². The molecular weight excluding hydrogens is 637 g/mol. The van der Waals surface area contributed by atoms with Crippen LogP contribution in [0.3, 0.4) is 0 Å². The molecule has 0 amide bonds. The molecule has 1 aliphatic rings. The molecule has 0 aliphatic carbocycles. The maximum absolute atomic E-state index is 3.62. The molecule has 0 saturated heterocycles. The lowest BCUT2D eigenvalue weighted by atomic mass is 10.2. The number of rotatable bonds is 6. The average molecular weight is 673 g/mol. The second kappa shape index (κ2) is 13.0. The maximum Gasteiger partial charge on any atom is 0.179 e. The zero-order chi connectivity index (χ0) is 34.0. The van der Waals surface area contributed by atoms with Gasteiger partial charge in [0.15, 0.2) is 8.07 Å². The van der Waals surface area contributed by atoms with Crippen molar-refractivity contribution in [2.75, 3.05) is 10.3 Å². The summed E-state index contributed by atoms with van der Waals surface area (Å²) in [5.74, 6) is 0. The molecule has 0 saturated carbocycles. The van der Waals surface area contributed by atoms with E-state index in [9.17, 15) is 0 Å². The molecule has 0 spiro atoms. The van der Waals surface area contributed by atoms with Crippen LogP contribution in [0.2, 0.25) is 0 Å². The smallest absolute Gasteiger partial charge is 0.179 e. The topological polar surface area (TPSA) is 32.2 Å². The van der Waals surface area contributed by atoms with E-state index in [0.717, 1.165) is 22.7 Å². The molecule has 9 rings (SSSR count). The minimum atomic E-state index is -2.72. The van der Waals surface area contributed by atoms with Gasteiger partial charge in [-0.3, -0.25) is 5.01 Å². The highest BCUT2D eigenvalue weighted by Gasteiger charge is 2.41. The zero-order valence-corrected chi connectivity index (χ0v) is 29.0. The van der Waals surface area contributed by atoms with E-state index in [1.54, 1.807) is 0 Å². The Morgan fingerprint density at radius 1 is 0.412 bits per heavy atom. The monoisotopic (exact) mass is 672 g/mol. The molecule has 5 heteroatoms. The Labute approximate surface area is 299 Å². The largest absolute Gasteiger partial charge is 0.360 e. The minimum Gasteiger partial charge on any atom is -0.360 e. The molecule has 4 nitrogen and oxygen atoms in total. The van der Waals surface area contributed by atoms with Crippen molar-refractivity contribution in [1.29, 1.82) is 0 Å². The molecule has 2 N–H and O–H groups in total. The molecule has 8 aromatic rings. The Kier molecular flexibility index (Phi) is 7.80. The predicted octanol–water partition coefficient (Wildman–Crippen LogP) is 8.26. The summed E-state index contributed by atoms with van der Waals surface area (Å²) in [5, 5.41) is 13.6. The fourth-order valence-corrected chi connectivity index (χ4v) is 12.6. The van der Waals surface area contributed by atoms with Crippen molar-refractivity contribution in [2.45, 2.75) is 0 Å². The second-order valence-electron chi connectivity index (χ2n) is 12.8. The maximum atomic E-state index is 3.62. The first kappa shape index (κ1) is 30.5. The van der Waals surface area contributed by atoms with E-state index in [0.29, 0.717) is 0 Å². The molecule has 1 aromatic heterocycles. The van der Waals surface area contributed by atoms with Crippen molar-refractivity contribution in [3.63, 3.8) is 0 Å². The van der Waals surface area contributed by atoms with Crippen molar-refractivity contribution >= 4 is 67.7 Å². The number of nitrogens with zero attached hydrogens (tertiary/aromatic N) is 2. The summed E-state index contributed by atoms with van der Waals surface area (Å²) in [7, 11) is -2.72. The number of allylic oxidation sites excluding steroid dienone is 2. The minimum absolute atomic E-state index is 0.991. The van der Waals surface area contributed by atoms with Crippen molar-refractivity contribution in [1.82, 2.24) is 9.99 Å². The first-order valence-electron chi connectivity index (χ1n) is 17.4. The Morgan fingerprint density at radius 3 is 1.55 bits per heavy atom. The summed E-state index contributed by atoms with van der Waals surface area (Å²) in [6.07, 6.45) is 8.00. The number of aromatic nitrogens is 1. The normalized spacial score (nSPS) is 14.1. The molecule has 2 heterocycles. The summed E-state index contributed by atoms with van der Waals surface area (Å²) in [6, 6.07) is 66.3. The van der Waals surface area contributed by atoms with Crippen LogP contribution < -0.4 is 36.5 Å². The molecule has 244 valence electrons. The molecule has 1 aliphatic heterocycles. The fraction of sp³-hybridized carbons (Fsp3) is 0. The van der Waals surface area contributed by atoms with Gasteiger partial charge < -0.3 is 15.3 Å². The molecule has 0 fully saturated rings. The van der Waals surface area contributed by atoms with E-state index < -0.39 is 8.07 Å². The number of para-hydroxylation sites is 2. The van der Waals surface area contributed by atoms with Gasteiger partial charge in [-0.05, 0) is 75.4 Å². The van der Waals surface area contributed by atoms with E-state index in [1.807, 2.05) is 24.6 Å². The highest BCUT2D eigenvalue weighted by Crippen LogP contribution is 2.37. The number of fused-ring (bicyclic) bond motifs is 4. The van der Waals surface area contributed by atoms with Gasteiger partial charge in [-0.25, -0.2) is 0 Å². The summed E-state index contributed by atoms with van der Waals surface area (Å²) < 4.78 is 2.36. The van der Waals surface area contributed by atoms with E-state index >= 15 is 0 Å². The zero-order valence-electron chi connectivity index (χ0n) is 28.0. The molecule has 0 radical (unpaired) electrons. The van der Waals surface area contributed by atoms with Gasteiger partial charge in [-0.15, -0.1) is 0 Å². The summed E-state index contributed by atoms with van der Waals surface area (Å²) in [6.45, 7) is 0. The van der Waals surface area contributed by atoms with E-state index in [4.69, 9.17) is 0 Å². The molecule has 51 heavy (non-hydrogen) atoms. The van der Waals surface area contributed by atoms with E-state index in [-0.39, 0.29) is 0 Å². The van der Waals surface area contributed by atoms with Crippen LogP contribution in [0, 0.1) is 0 Å². The Morgan fingerprint density at radius 2 is 0.941 bits per heavy atom. The van der Waals surface area contributed by atoms with Crippen molar-refractivity contribution in [2.24, 2.45) is 0 Å². The number of benzene rings is 7. The molecule has 0 unspecified atom stereocenters. The number of hydrogen-bond acceptors (Lipinski definition) is 3. The van der Waals surface area contributed by atoms with Crippen LogP contribution >= 0.6 is 0 Å². The lowest BCUT2D eigenvalue weighted by molar-refractivity contribution is 0.889. The highest BCUT2D eigenvalue weighted by atomic mass is 28.3. The van der Waals surface area contributed by atoms with Crippen LogP contribution in [0.4, 0.5) is 17.1 Å². The van der Waals surface area contributed by atoms with Gasteiger partial charge in [0.2, 0.25) is 0 Å². The average Bonchev–Trinajstić information content (AvgIpc) is 3.58. The molecule has 7 aromatic carbocycles. The number of hydrazine groups is 1. The lowest BCUT2D eigenvalue weighted by Crippen LogP contribution is -2.74. The SMILES string of the molecule is C1=C\Nc2cc(-n3c4ccccc4c4ccccc43)ccc2N(c2cccc([Si](c3ccccc3)(c3ccccc3)c3ccccc3)c2)N\C=C/1. The summed E-state index contributed by atoms with van der Waals surface area (Å²) in [4.78, 5) is 0. The predicted molar refractivity (Wildman–Crippen MR) is 218 cm³/mol. The third-order valence-corrected chi connectivity index (χ3v) is 14.7. The van der Waals surface area contributed by atoms with Gasteiger partial charge in [0.05, 0.1) is 28.1 Å². The molecule has 0 atom stereocenters. The van der Waals surface area contributed by atoms with E-state index in [1.165, 1.54) is 42.6 Å². The quantitative estimate of drug-likeness (QED) is 0.138. The van der Waals surface area contributed by atoms with Gasteiger partial charge in [0, 0.05) is 28.9 Å². The molecule has 0 bridgehead atoms. The Bertz CT molecular complexity index is 2390. The second-order valence-corrected chi connectivity index (χ2v) is 16.6. The van der Waals surface area contributed by atoms with Gasteiger partial charge in [-0.1, -0.05) is 140 Å². The highest BCUT2D eigenvalue weighted by molar-refractivity contribution is 7.19. The lowest BCUT2D eigenvalue weighted by Gasteiger charge is -2.35. The number of hydrogen-bond donors (Lipinski definition) is 2. The first-order valence-corrected chi connectivity index (χ1v) is 19.4. The van der Waals surface area contributed by atoms with Crippen LogP contribution in [0.15, 0.2) is 207 Å². The third kappa shape index (κ3) is 5.23. The standard InChI is InChI=1S/C46H36N4Si/c1-4-18-37(19-5-1)51(38-20-6-2-7-21-38,39-22-8-3-9-23-39)40-24-16-17-36(33-40)50-46-30-29-35(34-43(46)47-31-14-15-32-48-50)49-44-27-12-10-25-41(44)42-26-11-13-28-45(42)49/h1-34,47-48H/b31-14-,32-15-. The van der Waals surface area contributed by atoms with Crippen LogP contribution in [0.5, 0.6) is 0 Å².